The fraction of sp³-hybridized carbons (Fsp3) is 0.556. The van der Waals surface area contributed by atoms with Crippen LogP contribution < -0.4 is 10.6 Å². The third-order valence-corrected chi connectivity index (χ3v) is 1.64. The number of carbonyl (C=O) groups excluding carboxylic acids is 1. The largest absolute Gasteiger partial charge is 0.308 e. The summed E-state index contributed by atoms with van der Waals surface area (Å²) in [6.45, 7) is 6.18. The van der Waals surface area contributed by atoms with Gasteiger partial charge in [-0.05, 0) is 6.92 Å². The van der Waals surface area contributed by atoms with Crippen molar-refractivity contribution in [1.82, 2.24) is 15.5 Å². The zero-order valence-electron chi connectivity index (χ0n) is 8.72. The zero-order valence-corrected chi connectivity index (χ0v) is 8.72. The first-order valence-electron chi connectivity index (χ1n) is 4.63. The van der Waals surface area contributed by atoms with Gasteiger partial charge >= 0.3 is 0 Å². The number of nitrogens with zero attached hydrogens (tertiary/aromatic N) is 1. The van der Waals surface area contributed by atoms with Gasteiger partial charge in [0.2, 0.25) is 5.91 Å². The van der Waals surface area contributed by atoms with Crippen molar-refractivity contribution < 1.29 is 4.79 Å². The molecule has 0 unspecified atom stereocenters. The van der Waals surface area contributed by atoms with Crippen LogP contribution in [0, 0.1) is 6.92 Å². The van der Waals surface area contributed by atoms with Crippen LogP contribution in [0.3, 0.4) is 0 Å². The van der Waals surface area contributed by atoms with E-state index in [1.165, 1.54) is 0 Å². The lowest BCUT2D eigenvalue weighted by molar-refractivity contribution is -0.115. The molecule has 0 aliphatic rings. The number of aromatic amines is 1. The molecule has 3 N–H and O–H groups in total. The maximum absolute atomic E-state index is 11.3. The number of hydrogen-bond acceptors (Lipinski definition) is 3. The van der Waals surface area contributed by atoms with Crippen LogP contribution in [-0.2, 0) is 4.79 Å². The standard InChI is InChI=1S/C9H16N4O/c1-6(2)10-5-9(14)11-8-4-7(3)12-13-8/h4,6,10H,5H2,1-3H3,(H2,11,12,13,14). The molecule has 0 spiro atoms. The highest BCUT2D eigenvalue weighted by Crippen LogP contribution is 2.02. The van der Waals surface area contributed by atoms with Crippen LogP contribution in [0.4, 0.5) is 5.82 Å². The van der Waals surface area contributed by atoms with E-state index in [0.29, 0.717) is 18.4 Å². The first kappa shape index (κ1) is 10.7. The summed E-state index contributed by atoms with van der Waals surface area (Å²) < 4.78 is 0. The molecule has 1 rings (SSSR count). The highest BCUT2D eigenvalue weighted by atomic mass is 16.2. The predicted octanol–water partition coefficient (Wildman–Crippen LogP) is 0.655. The summed E-state index contributed by atoms with van der Waals surface area (Å²) in [7, 11) is 0. The van der Waals surface area contributed by atoms with Gasteiger partial charge in [-0.25, -0.2) is 0 Å². The molecular weight excluding hydrogens is 180 g/mol. The third kappa shape index (κ3) is 3.57. The molecule has 0 bridgehead atoms. The number of anilines is 1. The number of aryl methyl sites for hydroxylation is 1. The lowest BCUT2D eigenvalue weighted by Crippen LogP contribution is -2.32. The van der Waals surface area contributed by atoms with Crippen molar-refractivity contribution in [2.24, 2.45) is 0 Å². The molecule has 14 heavy (non-hydrogen) atoms. The quantitative estimate of drug-likeness (QED) is 0.662. The van der Waals surface area contributed by atoms with E-state index >= 15 is 0 Å². The normalized spacial score (nSPS) is 10.6. The number of carbonyl (C=O) groups is 1. The number of hydrogen-bond donors (Lipinski definition) is 3. The van der Waals surface area contributed by atoms with Crippen molar-refractivity contribution >= 4 is 11.7 Å². The smallest absolute Gasteiger partial charge is 0.239 e. The van der Waals surface area contributed by atoms with Gasteiger partial charge in [0, 0.05) is 17.8 Å². The van der Waals surface area contributed by atoms with E-state index in [1.807, 2.05) is 20.8 Å². The van der Waals surface area contributed by atoms with Gasteiger partial charge in [-0.2, -0.15) is 5.10 Å². The van der Waals surface area contributed by atoms with Crippen molar-refractivity contribution in [3.05, 3.63) is 11.8 Å². The zero-order chi connectivity index (χ0) is 10.6. The maximum Gasteiger partial charge on any atom is 0.239 e. The Kier molecular flexibility index (Phi) is 3.64. The van der Waals surface area contributed by atoms with Crippen LogP contribution in [0.25, 0.3) is 0 Å². The van der Waals surface area contributed by atoms with Crippen molar-refractivity contribution in [2.45, 2.75) is 26.8 Å². The Bertz CT molecular complexity index is 306. The summed E-state index contributed by atoms with van der Waals surface area (Å²) in [6, 6.07) is 2.09. The molecule has 0 aliphatic heterocycles. The second-order valence-corrected chi connectivity index (χ2v) is 3.52. The lowest BCUT2D eigenvalue weighted by atomic mass is 10.4. The highest BCUT2D eigenvalue weighted by Gasteiger charge is 2.04. The SMILES string of the molecule is Cc1cc(NC(=O)CNC(C)C)n[nH]1. The van der Waals surface area contributed by atoms with Crippen LogP contribution in [0.1, 0.15) is 19.5 Å². The number of H-pyrrole nitrogens is 1. The number of rotatable bonds is 4. The summed E-state index contributed by atoms with van der Waals surface area (Å²) in [4.78, 5) is 11.3. The minimum absolute atomic E-state index is 0.0785. The van der Waals surface area contributed by atoms with Crippen molar-refractivity contribution in [3.63, 3.8) is 0 Å². The van der Waals surface area contributed by atoms with E-state index in [1.54, 1.807) is 6.07 Å². The van der Waals surface area contributed by atoms with Crippen LogP contribution in [0.15, 0.2) is 6.07 Å². The first-order valence-corrected chi connectivity index (χ1v) is 4.63. The van der Waals surface area contributed by atoms with E-state index in [4.69, 9.17) is 0 Å². The molecule has 5 heteroatoms. The Hall–Kier alpha value is -1.36. The van der Waals surface area contributed by atoms with Crippen LogP contribution in [0.2, 0.25) is 0 Å². The van der Waals surface area contributed by atoms with Crippen molar-refractivity contribution in [1.29, 1.82) is 0 Å². The molecule has 1 amide bonds. The van der Waals surface area contributed by atoms with Gasteiger partial charge in [-0.15, -0.1) is 0 Å². The van der Waals surface area contributed by atoms with Gasteiger partial charge in [0.25, 0.3) is 0 Å². The van der Waals surface area contributed by atoms with E-state index in [-0.39, 0.29) is 5.91 Å². The number of amides is 1. The minimum Gasteiger partial charge on any atom is -0.308 e. The van der Waals surface area contributed by atoms with Gasteiger partial charge in [-0.1, -0.05) is 13.8 Å². The Balaban J connectivity index is 2.34. The predicted molar refractivity (Wildman–Crippen MR) is 55.1 cm³/mol. The van der Waals surface area contributed by atoms with Gasteiger partial charge < -0.3 is 10.6 Å². The Morgan fingerprint density at radius 2 is 2.36 bits per heavy atom. The van der Waals surface area contributed by atoms with Crippen LogP contribution in [-0.4, -0.2) is 28.7 Å². The molecular formula is C9H16N4O. The van der Waals surface area contributed by atoms with E-state index in [2.05, 4.69) is 20.8 Å². The van der Waals surface area contributed by atoms with Crippen LogP contribution in [0.5, 0.6) is 0 Å². The van der Waals surface area contributed by atoms with Crippen molar-refractivity contribution in [2.75, 3.05) is 11.9 Å². The molecule has 5 nitrogen and oxygen atoms in total. The monoisotopic (exact) mass is 196 g/mol. The summed E-state index contributed by atoms with van der Waals surface area (Å²) in [6.07, 6.45) is 0. The molecule has 0 saturated heterocycles. The van der Waals surface area contributed by atoms with Crippen molar-refractivity contribution in [3.8, 4) is 0 Å². The number of nitrogens with one attached hydrogen (secondary N) is 3. The topological polar surface area (TPSA) is 69.8 Å². The summed E-state index contributed by atoms with van der Waals surface area (Å²) >= 11 is 0. The Morgan fingerprint density at radius 1 is 1.64 bits per heavy atom. The first-order chi connectivity index (χ1) is 6.58. The maximum atomic E-state index is 11.3. The van der Waals surface area contributed by atoms with Gasteiger partial charge in [0.1, 0.15) is 0 Å². The van der Waals surface area contributed by atoms with E-state index in [0.717, 1.165) is 5.69 Å². The highest BCUT2D eigenvalue weighted by molar-refractivity contribution is 5.91. The molecule has 0 atom stereocenters. The van der Waals surface area contributed by atoms with Gasteiger partial charge in [0.05, 0.1) is 6.54 Å². The van der Waals surface area contributed by atoms with Gasteiger partial charge in [-0.3, -0.25) is 9.89 Å². The molecule has 0 fully saturated rings. The fourth-order valence-corrected chi connectivity index (χ4v) is 0.966. The Morgan fingerprint density at radius 3 is 2.86 bits per heavy atom. The fourth-order valence-electron chi connectivity index (χ4n) is 0.966. The molecule has 0 aromatic carbocycles. The summed E-state index contributed by atoms with van der Waals surface area (Å²) in [5.41, 5.74) is 0.928. The van der Waals surface area contributed by atoms with E-state index < -0.39 is 0 Å². The molecule has 78 valence electrons. The Labute approximate surface area is 83.3 Å². The molecule has 0 aliphatic carbocycles. The van der Waals surface area contributed by atoms with E-state index in [9.17, 15) is 4.79 Å². The van der Waals surface area contributed by atoms with Gasteiger partial charge in [0.15, 0.2) is 5.82 Å². The second-order valence-electron chi connectivity index (χ2n) is 3.52. The molecule has 1 aromatic rings. The van der Waals surface area contributed by atoms with Crippen LogP contribution >= 0.6 is 0 Å². The average molecular weight is 196 g/mol. The number of aromatic nitrogens is 2. The molecule has 0 saturated carbocycles. The summed E-state index contributed by atoms with van der Waals surface area (Å²) in [5.74, 6) is 0.489. The molecule has 1 heterocycles. The lowest BCUT2D eigenvalue weighted by Gasteiger charge is -2.06. The third-order valence-electron chi connectivity index (χ3n) is 1.64. The summed E-state index contributed by atoms with van der Waals surface area (Å²) in [5, 5.41) is 12.3. The molecule has 0 radical (unpaired) electrons. The molecule has 1 aromatic heterocycles. The minimum atomic E-state index is -0.0785. The average Bonchev–Trinajstić information content (AvgIpc) is 2.48. The second kappa shape index (κ2) is 4.76.